The first-order valence-electron chi connectivity index (χ1n) is 5.58. The van der Waals surface area contributed by atoms with Gasteiger partial charge in [0.15, 0.2) is 0 Å². The van der Waals surface area contributed by atoms with Gasteiger partial charge in [-0.1, -0.05) is 0 Å². The average Bonchev–Trinajstić information content (AvgIpc) is 3.19. The van der Waals surface area contributed by atoms with Crippen molar-refractivity contribution >= 4 is 17.3 Å². The molecule has 2 N–H and O–H groups in total. The van der Waals surface area contributed by atoms with Crippen LogP contribution in [-0.4, -0.2) is 18.6 Å². The van der Waals surface area contributed by atoms with Crippen LogP contribution in [-0.2, 0) is 10.2 Å². The number of rotatable bonds is 3. The zero-order valence-electron chi connectivity index (χ0n) is 9.29. The van der Waals surface area contributed by atoms with Crippen molar-refractivity contribution < 1.29 is 9.53 Å². The highest BCUT2D eigenvalue weighted by Gasteiger charge is 2.64. The molecule has 16 heavy (non-hydrogen) atoms. The monoisotopic (exact) mass is 237 g/mol. The van der Waals surface area contributed by atoms with Gasteiger partial charge >= 0.3 is 5.97 Å². The van der Waals surface area contributed by atoms with Gasteiger partial charge in [0.2, 0.25) is 0 Å². The molecule has 2 aliphatic carbocycles. The molecule has 4 heteroatoms. The van der Waals surface area contributed by atoms with Crippen molar-refractivity contribution in [1.29, 1.82) is 0 Å². The zero-order chi connectivity index (χ0) is 11.4. The standard InChI is InChI=1S/C12H15NO2S/c1-15-10(14)8-6-9(16-7-8)11(2-3-11)12(13)4-5-12/h6-7H,2-5,13H2,1H3. The molecular formula is C12H15NO2S. The molecule has 0 unspecified atom stereocenters. The van der Waals surface area contributed by atoms with Gasteiger partial charge in [-0.25, -0.2) is 4.79 Å². The van der Waals surface area contributed by atoms with E-state index >= 15 is 0 Å². The largest absolute Gasteiger partial charge is 0.465 e. The van der Waals surface area contributed by atoms with Gasteiger partial charge in [0, 0.05) is 21.2 Å². The second-order valence-electron chi connectivity index (χ2n) is 4.93. The van der Waals surface area contributed by atoms with E-state index in [2.05, 4.69) is 0 Å². The normalized spacial score (nSPS) is 23.9. The Balaban J connectivity index is 1.91. The Morgan fingerprint density at radius 1 is 1.44 bits per heavy atom. The molecule has 3 nitrogen and oxygen atoms in total. The Bertz CT molecular complexity index is 444. The molecule has 3 rings (SSSR count). The minimum atomic E-state index is -0.250. The first-order chi connectivity index (χ1) is 7.61. The third-order valence-electron chi connectivity index (χ3n) is 3.98. The van der Waals surface area contributed by atoms with E-state index in [9.17, 15) is 4.79 Å². The molecule has 0 radical (unpaired) electrons. The summed E-state index contributed by atoms with van der Waals surface area (Å²) in [5.41, 5.74) is 7.20. The average molecular weight is 237 g/mol. The molecule has 2 fully saturated rings. The highest BCUT2D eigenvalue weighted by Crippen LogP contribution is 2.64. The fourth-order valence-electron chi connectivity index (χ4n) is 2.54. The lowest BCUT2D eigenvalue weighted by molar-refractivity contribution is 0.0601. The SMILES string of the molecule is COC(=O)c1csc(C2(C3(N)CC3)CC2)c1. The second-order valence-corrected chi connectivity index (χ2v) is 5.84. The number of carbonyl (C=O) groups excluding carboxylic acids is 1. The van der Waals surface area contributed by atoms with Crippen LogP contribution in [0, 0.1) is 0 Å². The minimum Gasteiger partial charge on any atom is -0.465 e. The van der Waals surface area contributed by atoms with E-state index in [0.717, 1.165) is 12.8 Å². The van der Waals surface area contributed by atoms with Gasteiger partial charge in [0.05, 0.1) is 12.7 Å². The summed E-state index contributed by atoms with van der Waals surface area (Å²) >= 11 is 1.65. The molecule has 1 heterocycles. The number of hydrogen-bond acceptors (Lipinski definition) is 4. The predicted molar refractivity (Wildman–Crippen MR) is 62.7 cm³/mol. The van der Waals surface area contributed by atoms with Gasteiger partial charge in [-0.2, -0.15) is 0 Å². The zero-order valence-corrected chi connectivity index (χ0v) is 10.1. The van der Waals surface area contributed by atoms with E-state index in [1.54, 1.807) is 11.3 Å². The first kappa shape index (κ1) is 10.3. The molecule has 0 atom stereocenters. The number of carbonyl (C=O) groups is 1. The quantitative estimate of drug-likeness (QED) is 0.819. The van der Waals surface area contributed by atoms with Crippen LogP contribution in [0.25, 0.3) is 0 Å². The number of methoxy groups -OCH3 is 1. The van der Waals surface area contributed by atoms with Crippen molar-refractivity contribution in [3.8, 4) is 0 Å². The van der Waals surface area contributed by atoms with E-state index in [1.807, 2.05) is 11.4 Å². The summed E-state index contributed by atoms with van der Waals surface area (Å²) in [4.78, 5) is 12.7. The number of nitrogens with two attached hydrogens (primary N) is 1. The van der Waals surface area contributed by atoms with Crippen LogP contribution in [0.3, 0.4) is 0 Å². The van der Waals surface area contributed by atoms with Gasteiger partial charge in [-0.3, -0.25) is 0 Å². The molecule has 0 saturated heterocycles. The van der Waals surface area contributed by atoms with Crippen LogP contribution >= 0.6 is 11.3 Å². The van der Waals surface area contributed by atoms with Crippen LogP contribution in [0.5, 0.6) is 0 Å². The molecule has 0 aromatic carbocycles. The van der Waals surface area contributed by atoms with Crippen molar-refractivity contribution in [2.24, 2.45) is 5.73 Å². The van der Waals surface area contributed by atoms with Gasteiger partial charge in [-0.05, 0) is 31.7 Å². The Morgan fingerprint density at radius 3 is 2.62 bits per heavy atom. The summed E-state index contributed by atoms with van der Waals surface area (Å²) in [6, 6.07) is 1.97. The third-order valence-corrected chi connectivity index (χ3v) is 5.12. The Hall–Kier alpha value is -0.870. The van der Waals surface area contributed by atoms with Gasteiger partial charge in [-0.15, -0.1) is 11.3 Å². The summed E-state index contributed by atoms with van der Waals surface area (Å²) in [6.45, 7) is 0. The Kier molecular flexibility index (Phi) is 1.98. The van der Waals surface area contributed by atoms with Crippen molar-refractivity contribution in [1.82, 2.24) is 0 Å². The number of hydrogen-bond donors (Lipinski definition) is 1. The molecule has 0 spiro atoms. The molecule has 2 aliphatic rings. The van der Waals surface area contributed by atoms with E-state index in [-0.39, 0.29) is 16.9 Å². The first-order valence-corrected chi connectivity index (χ1v) is 6.45. The Labute approximate surface area is 98.6 Å². The fraction of sp³-hybridized carbons (Fsp3) is 0.583. The number of thiophene rings is 1. The van der Waals surface area contributed by atoms with Crippen LogP contribution in [0.1, 0.15) is 40.9 Å². The van der Waals surface area contributed by atoms with E-state index < -0.39 is 0 Å². The second kappa shape index (κ2) is 3.08. The molecule has 0 bridgehead atoms. The summed E-state index contributed by atoms with van der Waals surface area (Å²) in [5, 5.41) is 1.88. The highest BCUT2D eigenvalue weighted by atomic mass is 32.1. The maximum absolute atomic E-state index is 11.4. The predicted octanol–water partition coefficient (Wildman–Crippen LogP) is 2.06. The summed E-state index contributed by atoms with van der Waals surface area (Å²) in [5.74, 6) is -0.250. The molecule has 1 aromatic rings. The van der Waals surface area contributed by atoms with Crippen molar-refractivity contribution in [3.63, 3.8) is 0 Å². The van der Waals surface area contributed by atoms with Gasteiger partial charge in [0.25, 0.3) is 0 Å². The topological polar surface area (TPSA) is 52.3 Å². The van der Waals surface area contributed by atoms with Crippen LogP contribution < -0.4 is 5.73 Å². The number of ether oxygens (including phenoxy) is 1. The van der Waals surface area contributed by atoms with Gasteiger partial charge in [0.1, 0.15) is 0 Å². The lowest BCUT2D eigenvalue weighted by atomic mass is 9.92. The smallest absolute Gasteiger partial charge is 0.338 e. The van der Waals surface area contributed by atoms with Crippen LogP contribution in [0.2, 0.25) is 0 Å². The highest BCUT2D eigenvalue weighted by molar-refractivity contribution is 7.10. The van der Waals surface area contributed by atoms with Crippen molar-refractivity contribution in [2.45, 2.75) is 36.6 Å². The molecular weight excluding hydrogens is 222 g/mol. The van der Waals surface area contributed by atoms with E-state index in [4.69, 9.17) is 10.5 Å². The maximum atomic E-state index is 11.4. The van der Waals surface area contributed by atoms with Crippen molar-refractivity contribution in [2.75, 3.05) is 7.11 Å². The Morgan fingerprint density at radius 2 is 2.12 bits per heavy atom. The molecule has 0 aliphatic heterocycles. The van der Waals surface area contributed by atoms with E-state index in [0.29, 0.717) is 5.56 Å². The summed E-state index contributed by atoms with van der Waals surface area (Å²) < 4.78 is 4.72. The summed E-state index contributed by atoms with van der Waals surface area (Å²) in [6.07, 6.45) is 4.59. The van der Waals surface area contributed by atoms with Crippen LogP contribution in [0.4, 0.5) is 0 Å². The molecule has 1 aromatic heterocycles. The summed E-state index contributed by atoms with van der Waals surface area (Å²) in [7, 11) is 1.41. The third kappa shape index (κ3) is 1.26. The van der Waals surface area contributed by atoms with E-state index in [1.165, 1.54) is 24.8 Å². The van der Waals surface area contributed by atoms with Crippen molar-refractivity contribution in [3.05, 3.63) is 21.9 Å². The molecule has 0 amide bonds. The van der Waals surface area contributed by atoms with Gasteiger partial charge < -0.3 is 10.5 Å². The van der Waals surface area contributed by atoms with Crippen LogP contribution in [0.15, 0.2) is 11.4 Å². The number of esters is 1. The lowest BCUT2D eigenvalue weighted by Gasteiger charge is -2.21. The minimum absolute atomic E-state index is 0.0191. The molecule has 2 saturated carbocycles. The lowest BCUT2D eigenvalue weighted by Crippen LogP contribution is -2.36. The molecule has 86 valence electrons. The fourth-order valence-corrected chi connectivity index (χ4v) is 3.79. The maximum Gasteiger partial charge on any atom is 0.338 e.